The molecule has 2 heterocycles. The number of hydrogen-bond donors (Lipinski definition) is 2. The normalized spacial score (nSPS) is 14.2. The molecule has 0 saturated carbocycles. The standard InChI is InChI=1S/C21H22FN3O/c1-14-16(17-12-15(22)8-9-18(17)23-14)13-21(26)24-19-6-2-3-7-20(19)25-10-4-5-11-25/h2-3,6-9,12,23H,4-5,10-11,13H2,1H3,(H,24,26). The molecule has 1 aliphatic heterocycles. The fraction of sp³-hybridized carbons (Fsp3) is 0.286. The van der Waals surface area contributed by atoms with E-state index in [1.165, 1.54) is 25.0 Å². The molecule has 0 spiro atoms. The molecular weight excluding hydrogens is 329 g/mol. The molecule has 4 rings (SSSR count). The molecule has 0 bridgehead atoms. The van der Waals surface area contributed by atoms with E-state index in [2.05, 4.69) is 15.2 Å². The maximum absolute atomic E-state index is 13.6. The molecule has 1 fully saturated rings. The molecule has 1 aliphatic rings. The lowest BCUT2D eigenvalue weighted by Gasteiger charge is -2.21. The van der Waals surface area contributed by atoms with Crippen molar-refractivity contribution < 1.29 is 9.18 Å². The predicted molar refractivity (Wildman–Crippen MR) is 103 cm³/mol. The number of H-pyrrole nitrogens is 1. The van der Waals surface area contributed by atoms with Crippen LogP contribution in [0.15, 0.2) is 42.5 Å². The van der Waals surface area contributed by atoms with Crippen LogP contribution in [-0.4, -0.2) is 24.0 Å². The molecule has 0 unspecified atom stereocenters. The Morgan fingerprint density at radius 2 is 1.96 bits per heavy atom. The van der Waals surface area contributed by atoms with Crippen molar-refractivity contribution in [2.45, 2.75) is 26.2 Å². The van der Waals surface area contributed by atoms with Crippen molar-refractivity contribution in [3.05, 3.63) is 59.5 Å². The maximum Gasteiger partial charge on any atom is 0.228 e. The quantitative estimate of drug-likeness (QED) is 0.732. The summed E-state index contributed by atoms with van der Waals surface area (Å²) >= 11 is 0. The minimum atomic E-state index is -0.294. The second kappa shape index (κ2) is 6.83. The van der Waals surface area contributed by atoms with Crippen molar-refractivity contribution in [1.29, 1.82) is 0 Å². The third kappa shape index (κ3) is 3.17. The van der Waals surface area contributed by atoms with Gasteiger partial charge in [0, 0.05) is 29.7 Å². The number of nitrogens with zero attached hydrogens (tertiary/aromatic N) is 1. The number of amides is 1. The second-order valence-electron chi connectivity index (χ2n) is 6.85. The number of hydrogen-bond acceptors (Lipinski definition) is 2. The molecule has 1 saturated heterocycles. The van der Waals surface area contributed by atoms with Crippen LogP contribution in [0, 0.1) is 12.7 Å². The van der Waals surface area contributed by atoms with E-state index in [1.807, 2.05) is 31.2 Å². The average molecular weight is 351 g/mol. The molecule has 3 aromatic rings. The summed E-state index contributed by atoms with van der Waals surface area (Å²) in [4.78, 5) is 18.2. The number of para-hydroxylation sites is 2. The zero-order chi connectivity index (χ0) is 18.1. The highest BCUT2D eigenvalue weighted by atomic mass is 19.1. The number of aromatic nitrogens is 1. The van der Waals surface area contributed by atoms with E-state index in [4.69, 9.17) is 0 Å². The van der Waals surface area contributed by atoms with Gasteiger partial charge in [-0.3, -0.25) is 4.79 Å². The summed E-state index contributed by atoms with van der Waals surface area (Å²) in [5.41, 5.74) is 4.50. The molecule has 0 atom stereocenters. The smallest absolute Gasteiger partial charge is 0.228 e. The van der Waals surface area contributed by atoms with E-state index in [0.29, 0.717) is 0 Å². The first-order chi connectivity index (χ1) is 12.6. The van der Waals surface area contributed by atoms with Crippen LogP contribution in [-0.2, 0) is 11.2 Å². The lowest BCUT2D eigenvalue weighted by atomic mass is 10.1. The van der Waals surface area contributed by atoms with Gasteiger partial charge in [-0.15, -0.1) is 0 Å². The van der Waals surface area contributed by atoms with Gasteiger partial charge >= 0.3 is 0 Å². The summed E-state index contributed by atoms with van der Waals surface area (Å²) in [5.74, 6) is -0.387. The van der Waals surface area contributed by atoms with Crippen LogP contribution in [0.2, 0.25) is 0 Å². The molecule has 26 heavy (non-hydrogen) atoms. The van der Waals surface area contributed by atoms with Crippen molar-refractivity contribution in [1.82, 2.24) is 4.98 Å². The third-order valence-electron chi connectivity index (χ3n) is 5.04. The maximum atomic E-state index is 13.6. The number of aromatic amines is 1. The van der Waals surface area contributed by atoms with Gasteiger partial charge in [-0.1, -0.05) is 12.1 Å². The highest BCUT2D eigenvalue weighted by Gasteiger charge is 2.18. The lowest BCUT2D eigenvalue weighted by molar-refractivity contribution is -0.115. The van der Waals surface area contributed by atoms with Crippen LogP contribution < -0.4 is 10.2 Å². The number of fused-ring (bicyclic) bond motifs is 1. The van der Waals surface area contributed by atoms with E-state index in [1.54, 1.807) is 6.07 Å². The molecule has 1 aromatic heterocycles. The van der Waals surface area contributed by atoms with Gasteiger partial charge in [-0.2, -0.15) is 0 Å². The van der Waals surface area contributed by atoms with Gasteiger partial charge in [-0.25, -0.2) is 4.39 Å². The number of anilines is 2. The summed E-state index contributed by atoms with van der Waals surface area (Å²) in [6.45, 7) is 3.96. The van der Waals surface area contributed by atoms with Gasteiger partial charge < -0.3 is 15.2 Å². The van der Waals surface area contributed by atoms with E-state index in [0.717, 1.165) is 46.6 Å². The van der Waals surface area contributed by atoms with Crippen molar-refractivity contribution in [2.75, 3.05) is 23.3 Å². The Balaban J connectivity index is 1.57. The number of halogens is 1. The van der Waals surface area contributed by atoms with E-state index < -0.39 is 0 Å². The summed E-state index contributed by atoms with van der Waals surface area (Å²) in [5, 5.41) is 3.81. The van der Waals surface area contributed by atoms with Crippen molar-refractivity contribution >= 4 is 28.2 Å². The molecule has 134 valence electrons. The third-order valence-corrected chi connectivity index (χ3v) is 5.04. The lowest BCUT2D eigenvalue weighted by Crippen LogP contribution is -2.21. The number of carbonyl (C=O) groups is 1. The van der Waals surface area contributed by atoms with Crippen LogP contribution in [0.25, 0.3) is 10.9 Å². The molecular formula is C21H22FN3O. The molecule has 4 nitrogen and oxygen atoms in total. The average Bonchev–Trinajstić information content (AvgIpc) is 3.25. The van der Waals surface area contributed by atoms with E-state index in [9.17, 15) is 9.18 Å². The largest absolute Gasteiger partial charge is 0.370 e. The topological polar surface area (TPSA) is 48.1 Å². The fourth-order valence-corrected chi connectivity index (χ4v) is 3.75. The van der Waals surface area contributed by atoms with Crippen molar-refractivity contribution in [3.8, 4) is 0 Å². The van der Waals surface area contributed by atoms with Gasteiger partial charge in [0.15, 0.2) is 0 Å². The summed E-state index contributed by atoms with van der Waals surface area (Å²) in [6.07, 6.45) is 2.58. The van der Waals surface area contributed by atoms with Gasteiger partial charge in [0.2, 0.25) is 5.91 Å². The highest BCUT2D eigenvalue weighted by Crippen LogP contribution is 2.29. The first-order valence-corrected chi connectivity index (χ1v) is 9.02. The van der Waals surface area contributed by atoms with Crippen molar-refractivity contribution in [2.24, 2.45) is 0 Å². The SMILES string of the molecule is Cc1[nH]c2ccc(F)cc2c1CC(=O)Nc1ccccc1N1CCCC1. The van der Waals surface area contributed by atoms with E-state index >= 15 is 0 Å². The monoisotopic (exact) mass is 351 g/mol. The van der Waals surface area contributed by atoms with Gasteiger partial charge in [-0.05, 0) is 55.7 Å². The van der Waals surface area contributed by atoms with Crippen LogP contribution in [0.1, 0.15) is 24.1 Å². The minimum Gasteiger partial charge on any atom is -0.370 e. The van der Waals surface area contributed by atoms with Gasteiger partial charge in [0.1, 0.15) is 5.82 Å². The van der Waals surface area contributed by atoms with E-state index in [-0.39, 0.29) is 18.1 Å². The molecule has 2 N–H and O–H groups in total. The highest BCUT2D eigenvalue weighted by molar-refractivity contribution is 5.98. The van der Waals surface area contributed by atoms with Crippen LogP contribution in [0.3, 0.4) is 0 Å². The first kappa shape index (κ1) is 16.6. The zero-order valence-electron chi connectivity index (χ0n) is 14.8. The van der Waals surface area contributed by atoms with Gasteiger partial charge in [0.25, 0.3) is 0 Å². The zero-order valence-corrected chi connectivity index (χ0v) is 14.8. The Morgan fingerprint density at radius 3 is 2.77 bits per heavy atom. The molecule has 0 radical (unpaired) electrons. The Hall–Kier alpha value is -2.82. The van der Waals surface area contributed by atoms with Crippen LogP contribution in [0.5, 0.6) is 0 Å². The molecule has 1 amide bonds. The minimum absolute atomic E-state index is 0.0927. The van der Waals surface area contributed by atoms with Crippen molar-refractivity contribution in [3.63, 3.8) is 0 Å². The first-order valence-electron chi connectivity index (χ1n) is 9.02. The molecule has 0 aliphatic carbocycles. The number of aryl methyl sites for hydroxylation is 1. The summed E-state index contributed by atoms with van der Waals surface area (Å²) in [6, 6.07) is 12.5. The number of carbonyl (C=O) groups excluding carboxylic acids is 1. The fourth-order valence-electron chi connectivity index (χ4n) is 3.75. The number of benzene rings is 2. The molecule has 5 heteroatoms. The Labute approximate surface area is 152 Å². The predicted octanol–water partition coefficient (Wildman–Crippen LogP) is 4.40. The Bertz CT molecular complexity index is 957. The summed E-state index contributed by atoms with van der Waals surface area (Å²) in [7, 11) is 0. The Morgan fingerprint density at radius 1 is 1.19 bits per heavy atom. The van der Waals surface area contributed by atoms with Crippen LogP contribution >= 0.6 is 0 Å². The summed E-state index contributed by atoms with van der Waals surface area (Å²) < 4.78 is 13.6. The Kier molecular flexibility index (Phi) is 4.37. The molecule has 2 aromatic carbocycles. The van der Waals surface area contributed by atoms with Gasteiger partial charge in [0.05, 0.1) is 17.8 Å². The van der Waals surface area contributed by atoms with Crippen LogP contribution in [0.4, 0.5) is 15.8 Å². The number of nitrogens with one attached hydrogen (secondary N) is 2. The number of rotatable bonds is 4. The second-order valence-corrected chi connectivity index (χ2v) is 6.85.